The van der Waals surface area contributed by atoms with Crippen LogP contribution in [0.2, 0.25) is 0 Å². The number of hydrogen-bond acceptors (Lipinski definition) is 5. The highest BCUT2D eigenvalue weighted by atomic mass is 19.1. The Morgan fingerprint density at radius 3 is 2.51 bits per heavy atom. The van der Waals surface area contributed by atoms with Crippen molar-refractivity contribution >= 4 is 17.7 Å². The van der Waals surface area contributed by atoms with E-state index in [4.69, 9.17) is 4.74 Å². The number of aryl methyl sites for hydroxylation is 1. The Hall–Kier alpha value is -4.18. The van der Waals surface area contributed by atoms with Gasteiger partial charge in [0.2, 0.25) is 5.91 Å². The highest BCUT2D eigenvalue weighted by molar-refractivity contribution is 5.99. The quantitative estimate of drug-likeness (QED) is 0.542. The van der Waals surface area contributed by atoms with Crippen LogP contribution in [0.4, 0.5) is 8.78 Å². The Labute approximate surface area is 224 Å². The predicted octanol–water partition coefficient (Wildman–Crippen LogP) is 3.46. The first-order chi connectivity index (χ1) is 18.8. The minimum Gasteiger partial charge on any atom is -0.353 e. The summed E-state index contributed by atoms with van der Waals surface area (Å²) in [6, 6.07) is 14.5. The van der Waals surface area contributed by atoms with E-state index >= 15 is 0 Å². The topological polar surface area (TPSA) is 91.8 Å². The molecule has 1 N–H and O–H groups in total. The van der Waals surface area contributed by atoms with Gasteiger partial charge in [-0.2, -0.15) is 0 Å². The van der Waals surface area contributed by atoms with Crippen LogP contribution in [0.3, 0.4) is 0 Å². The SMILES string of the molecule is Cc1cccc(C(=O)N2C(C(=O)NCc3ccccn3)COC23CCN(C(=O)c2ccc(F)cc2F)CC3)c1. The minimum atomic E-state index is -1.12. The first kappa shape index (κ1) is 26.4. The lowest BCUT2D eigenvalue weighted by Gasteiger charge is -2.44. The van der Waals surface area contributed by atoms with Crippen LogP contribution in [-0.2, 0) is 16.1 Å². The van der Waals surface area contributed by atoms with Gasteiger partial charge in [0, 0.05) is 43.8 Å². The molecule has 8 nitrogen and oxygen atoms in total. The number of benzene rings is 2. The summed E-state index contributed by atoms with van der Waals surface area (Å²) < 4.78 is 33.8. The fourth-order valence-electron chi connectivity index (χ4n) is 5.17. The molecule has 0 saturated carbocycles. The van der Waals surface area contributed by atoms with Crippen LogP contribution in [0.15, 0.2) is 66.9 Å². The number of pyridine rings is 1. The van der Waals surface area contributed by atoms with Crippen LogP contribution in [0, 0.1) is 18.6 Å². The van der Waals surface area contributed by atoms with Crippen molar-refractivity contribution in [2.45, 2.75) is 38.1 Å². The van der Waals surface area contributed by atoms with Gasteiger partial charge in [-0.1, -0.05) is 23.8 Å². The van der Waals surface area contributed by atoms with Crippen LogP contribution in [0.1, 0.15) is 44.8 Å². The molecule has 2 aliphatic heterocycles. The molecule has 1 aromatic heterocycles. The number of hydrogen-bond donors (Lipinski definition) is 1. The molecule has 202 valence electrons. The molecule has 0 aliphatic carbocycles. The molecule has 2 saturated heterocycles. The average Bonchev–Trinajstić information content (AvgIpc) is 3.30. The zero-order valence-corrected chi connectivity index (χ0v) is 21.4. The van der Waals surface area contributed by atoms with Crippen molar-refractivity contribution in [1.29, 1.82) is 0 Å². The van der Waals surface area contributed by atoms with Gasteiger partial charge >= 0.3 is 0 Å². The predicted molar refractivity (Wildman–Crippen MR) is 137 cm³/mol. The fraction of sp³-hybridized carbons (Fsp3) is 0.310. The van der Waals surface area contributed by atoms with E-state index in [0.717, 1.165) is 17.7 Å². The summed E-state index contributed by atoms with van der Waals surface area (Å²) in [6.45, 7) is 2.39. The first-order valence-electron chi connectivity index (χ1n) is 12.7. The van der Waals surface area contributed by atoms with Gasteiger partial charge in [0.05, 0.1) is 24.4 Å². The number of rotatable bonds is 5. The molecule has 2 aliphatic rings. The second-order valence-corrected chi connectivity index (χ2v) is 9.77. The van der Waals surface area contributed by atoms with Gasteiger partial charge in [-0.05, 0) is 43.3 Å². The van der Waals surface area contributed by atoms with E-state index < -0.39 is 29.3 Å². The summed E-state index contributed by atoms with van der Waals surface area (Å²) in [5, 5.41) is 2.86. The maximum absolute atomic E-state index is 14.3. The van der Waals surface area contributed by atoms with Crippen molar-refractivity contribution < 1.29 is 27.9 Å². The molecule has 0 radical (unpaired) electrons. The van der Waals surface area contributed by atoms with Crippen molar-refractivity contribution in [2.75, 3.05) is 19.7 Å². The lowest BCUT2D eigenvalue weighted by Crippen LogP contribution is -2.59. The molecule has 2 fully saturated rings. The second kappa shape index (κ2) is 10.9. The largest absolute Gasteiger partial charge is 0.353 e. The molecule has 10 heteroatoms. The zero-order chi connectivity index (χ0) is 27.6. The van der Waals surface area contributed by atoms with Gasteiger partial charge in [0.15, 0.2) is 0 Å². The number of ether oxygens (including phenoxy) is 1. The van der Waals surface area contributed by atoms with Crippen molar-refractivity contribution in [1.82, 2.24) is 20.1 Å². The summed E-state index contributed by atoms with van der Waals surface area (Å²) in [5.74, 6) is -2.98. The lowest BCUT2D eigenvalue weighted by atomic mass is 9.95. The molecule has 39 heavy (non-hydrogen) atoms. The summed E-state index contributed by atoms with van der Waals surface area (Å²) >= 11 is 0. The molecular weight excluding hydrogens is 506 g/mol. The van der Waals surface area contributed by atoms with E-state index in [1.54, 1.807) is 36.5 Å². The highest BCUT2D eigenvalue weighted by Crippen LogP contribution is 2.39. The molecule has 1 unspecified atom stereocenters. The number of halogens is 2. The number of aromatic nitrogens is 1. The molecule has 3 heterocycles. The molecule has 3 amide bonds. The Balaban J connectivity index is 1.37. The summed E-state index contributed by atoms with van der Waals surface area (Å²) in [6.07, 6.45) is 2.09. The van der Waals surface area contributed by atoms with E-state index in [1.807, 2.05) is 19.1 Å². The van der Waals surface area contributed by atoms with Gasteiger partial charge in [-0.25, -0.2) is 8.78 Å². The standard InChI is InChI=1S/C29H28F2N4O4/c1-19-5-4-6-20(15-19)27(37)35-25(26(36)33-17-22-7-2-3-12-32-22)18-39-29(35)10-13-34(14-11-29)28(38)23-9-8-21(30)16-24(23)31/h2-9,12,15-16,25H,10-11,13-14,17-18H2,1H3,(H,33,36). The van der Waals surface area contributed by atoms with E-state index in [0.29, 0.717) is 17.3 Å². The van der Waals surface area contributed by atoms with Crippen molar-refractivity contribution in [3.8, 4) is 0 Å². The number of piperidine rings is 1. The van der Waals surface area contributed by atoms with E-state index in [9.17, 15) is 23.2 Å². The van der Waals surface area contributed by atoms with Gasteiger partial charge < -0.3 is 15.0 Å². The van der Waals surface area contributed by atoms with Gasteiger partial charge in [-0.3, -0.25) is 24.3 Å². The number of amides is 3. The molecule has 1 spiro atoms. The summed E-state index contributed by atoms with van der Waals surface area (Å²) in [4.78, 5) is 47.3. The zero-order valence-electron chi connectivity index (χ0n) is 21.4. The third-order valence-electron chi connectivity index (χ3n) is 7.21. The van der Waals surface area contributed by atoms with Crippen LogP contribution >= 0.6 is 0 Å². The van der Waals surface area contributed by atoms with E-state index in [2.05, 4.69) is 10.3 Å². The minimum absolute atomic E-state index is 0.00779. The number of nitrogens with one attached hydrogen (secondary N) is 1. The summed E-state index contributed by atoms with van der Waals surface area (Å²) in [5.41, 5.74) is 0.656. The van der Waals surface area contributed by atoms with Crippen molar-refractivity contribution in [2.24, 2.45) is 0 Å². The third-order valence-corrected chi connectivity index (χ3v) is 7.21. The summed E-state index contributed by atoms with van der Waals surface area (Å²) in [7, 11) is 0. The third kappa shape index (κ3) is 5.37. The molecule has 1 atom stereocenters. The van der Waals surface area contributed by atoms with Crippen LogP contribution < -0.4 is 5.32 Å². The number of likely N-dealkylation sites (tertiary alicyclic amines) is 1. The van der Waals surface area contributed by atoms with Crippen LogP contribution in [0.5, 0.6) is 0 Å². The van der Waals surface area contributed by atoms with Crippen LogP contribution in [-0.4, -0.2) is 64.0 Å². The van der Waals surface area contributed by atoms with Gasteiger partial charge in [0.25, 0.3) is 11.8 Å². The number of carbonyl (C=O) groups excluding carboxylic acids is 3. The van der Waals surface area contributed by atoms with Gasteiger partial charge in [0.1, 0.15) is 23.4 Å². The Morgan fingerprint density at radius 1 is 1.03 bits per heavy atom. The maximum atomic E-state index is 14.3. The van der Waals surface area contributed by atoms with Crippen molar-refractivity contribution in [3.63, 3.8) is 0 Å². The molecule has 0 bridgehead atoms. The second-order valence-electron chi connectivity index (χ2n) is 9.77. The average molecular weight is 535 g/mol. The van der Waals surface area contributed by atoms with Gasteiger partial charge in [-0.15, -0.1) is 0 Å². The smallest absolute Gasteiger partial charge is 0.256 e. The monoisotopic (exact) mass is 534 g/mol. The Kier molecular flexibility index (Phi) is 7.38. The van der Waals surface area contributed by atoms with Crippen molar-refractivity contribution in [3.05, 3.63) is 101 Å². The fourth-order valence-corrected chi connectivity index (χ4v) is 5.17. The maximum Gasteiger partial charge on any atom is 0.256 e. The Morgan fingerprint density at radius 2 is 1.82 bits per heavy atom. The first-order valence-corrected chi connectivity index (χ1v) is 12.7. The van der Waals surface area contributed by atoms with E-state index in [-0.39, 0.29) is 56.5 Å². The number of carbonyl (C=O) groups is 3. The molecule has 5 rings (SSSR count). The van der Waals surface area contributed by atoms with E-state index in [1.165, 1.54) is 9.80 Å². The Bertz CT molecular complexity index is 1390. The molecular formula is C29H28F2N4O4. The highest BCUT2D eigenvalue weighted by Gasteiger charge is 2.54. The molecule has 2 aromatic carbocycles. The molecule has 3 aromatic rings. The van der Waals surface area contributed by atoms with Crippen LogP contribution in [0.25, 0.3) is 0 Å². The normalized spacial score (nSPS) is 18.3. The number of nitrogens with zero attached hydrogens (tertiary/aromatic N) is 3. The lowest BCUT2D eigenvalue weighted by molar-refractivity contribution is -0.128.